The van der Waals surface area contributed by atoms with Crippen molar-refractivity contribution in [3.05, 3.63) is 63.5 Å². The van der Waals surface area contributed by atoms with Crippen molar-refractivity contribution in [3.63, 3.8) is 0 Å². The second kappa shape index (κ2) is 5.05. The van der Waals surface area contributed by atoms with Gasteiger partial charge in [0.05, 0.1) is 0 Å². The van der Waals surface area contributed by atoms with Gasteiger partial charge in [-0.3, -0.25) is 0 Å². The topological polar surface area (TPSA) is 30.2 Å². The SMILES string of the molecule is CC(C)=Cc1cc(C)c(=O)oc1-c1ccccc1. The van der Waals surface area contributed by atoms with Gasteiger partial charge in [0, 0.05) is 16.7 Å². The van der Waals surface area contributed by atoms with Crippen LogP contribution < -0.4 is 5.63 Å². The lowest BCUT2D eigenvalue weighted by molar-refractivity contribution is 0.519. The van der Waals surface area contributed by atoms with Crippen LogP contribution in [0, 0.1) is 6.92 Å². The molecule has 0 unspecified atom stereocenters. The second-order valence-corrected chi connectivity index (χ2v) is 4.59. The molecule has 2 nitrogen and oxygen atoms in total. The van der Waals surface area contributed by atoms with Crippen LogP contribution in [0.15, 0.2) is 51.2 Å². The highest BCUT2D eigenvalue weighted by atomic mass is 16.4. The summed E-state index contributed by atoms with van der Waals surface area (Å²) < 4.78 is 5.43. The average Bonchev–Trinajstić information content (AvgIpc) is 2.34. The summed E-state index contributed by atoms with van der Waals surface area (Å²) in [5.74, 6) is 0.632. The minimum Gasteiger partial charge on any atom is -0.422 e. The van der Waals surface area contributed by atoms with E-state index in [0.717, 1.165) is 11.1 Å². The fraction of sp³-hybridized carbons (Fsp3) is 0.188. The van der Waals surface area contributed by atoms with E-state index in [4.69, 9.17) is 4.42 Å². The molecule has 1 heterocycles. The number of allylic oxidation sites excluding steroid dienone is 1. The van der Waals surface area contributed by atoms with Crippen molar-refractivity contribution in [2.75, 3.05) is 0 Å². The number of hydrogen-bond donors (Lipinski definition) is 0. The van der Waals surface area contributed by atoms with Gasteiger partial charge in [-0.05, 0) is 26.8 Å². The van der Waals surface area contributed by atoms with Crippen LogP contribution in [0.1, 0.15) is 25.0 Å². The molecule has 0 saturated heterocycles. The number of benzene rings is 1. The summed E-state index contributed by atoms with van der Waals surface area (Å²) in [7, 11) is 0. The molecule has 2 rings (SSSR count). The normalized spacial score (nSPS) is 10.2. The van der Waals surface area contributed by atoms with E-state index in [2.05, 4.69) is 0 Å². The Kier molecular flexibility index (Phi) is 3.47. The van der Waals surface area contributed by atoms with Crippen LogP contribution in [-0.4, -0.2) is 0 Å². The van der Waals surface area contributed by atoms with E-state index in [1.807, 2.05) is 56.3 Å². The Morgan fingerprint density at radius 1 is 1.17 bits per heavy atom. The zero-order chi connectivity index (χ0) is 13.1. The summed E-state index contributed by atoms with van der Waals surface area (Å²) in [4.78, 5) is 11.7. The third-order valence-electron chi connectivity index (χ3n) is 2.63. The molecule has 0 radical (unpaired) electrons. The molecule has 0 aliphatic carbocycles. The minimum absolute atomic E-state index is 0.278. The van der Waals surface area contributed by atoms with E-state index in [-0.39, 0.29) is 5.63 Å². The van der Waals surface area contributed by atoms with E-state index in [0.29, 0.717) is 11.3 Å². The average molecular weight is 240 g/mol. The molecular formula is C16H16O2. The number of hydrogen-bond acceptors (Lipinski definition) is 2. The molecule has 2 heteroatoms. The molecule has 0 atom stereocenters. The Hall–Kier alpha value is -2.09. The van der Waals surface area contributed by atoms with Crippen LogP contribution in [0.2, 0.25) is 0 Å². The van der Waals surface area contributed by atoms with Crippen LogP contribution in [0.5, 0.6) is 0 Å². The Balaban J connectivity index is 2.69. The molecule has 0 aliphatic heterocycles. The van der Waals surface area contributed by atoms with Crippen molar-refractivity contribution in [2.45, 2.75) is 20.8 Å². The van der Waals surface area contributed by atoms with Crippen molar-refractivity contribution in [1.82, 2.24) is 0 Å². The highest BCUT2D eigenvalue weighted by Crippen LogP contribution is 2.24. The fourth-order valence-electron chi connectivity index (χ4n) is 1.82. The lowest BCUT2D eigenvalue weighted by atomic mass is 10.0. The van der Waals surface area contributed by atoms with Gasteiger partial charge >= 0.3 is 5.63 Å². The summed E-state index contributed by atoms with van der Waals surface area (Å²) in [6.45, 7) is 5.81. The van der Waals surface area contributed by atoms with Gasteiger partial charge in [0.25, 0.3) is 0 Å². The maximum atomic E-state index is 11.7. The second-order valence-electron chi connectivity index (χ2n) is 4.59. The van der Waals surface area contributed by atoms with Crippen LogP contribution in [-0.2, 0) is 0 Å². The van der Waals surface area contributed by atoms with Crippen molar-refractivity contribution in [1.29, 1.82) is 0 Å². The molecule has 1 aromatic carbocycles. The monoisotopic (exact) mass is 240 g/mol. The largest absolute Gasteiger partial charge is 0.422 e. The highest BCUT2D eigenvalue weighted by Gasteiger charge is 2.09. The molecule has 0 fully saturated rings. The van der Waals surface area contributed by atoms with Gasteiger partial charge in [0.15, 0.2) is 0 Å². The van der Waals surface area contributed by atoms with Crippen molar-refractivity contribution < 1.29 is 4.42 Å². The first-order valence-corrected chi connectivity index (χ1v) is 5.93. The maximum Gasteiger partial charge on any atom is 0.339 e. The summed E-state index contributed by atoms with van der Waals surface area (Å²) in [6.07, 6.45) is 2.03. The predicted octanol–water partition coefficient (Wildman–Crippen LogP) is 4.04. The van der Waals surface area contributed by atoms with E-state index < -0.39 is 0 Å². The fourth-order valence-corrected chi connectivity index (χ4v) is 1.82. The lowest BCUT2D eigenvalue weighted by Gasteiger charge is -2.06. The van der Waals surface area contributed by atoms with Crippen molar-refractivity contribution in [2.24, 2.45) is 0 Å². The lowest BCUT2D eigenvalue weighted by Crippen LogP contribution is -2.04. The molecule has 18 heavy (non-hydrogen) atoms. The van der Waals surface area contributed by atoms with E-state index in [9.17, 15) is 4.79 Å². The molecule has 92 valence electrons. The van der Waals surface area contributed by atoms with Crippen molar-refractivity contribution in [3.8, 4) is 11.3 Å². The first-order valence-electron chi connectivity index (χ1n) is 5.93. The Morgan fingerprint density at radius 3 is 2.44 bits per heavy atom. The third kappa shape index (κ3) is 2.59. The molecule has 0 N–H and O–H groups in total. The Morgan fingerprint density at radius 2 is 1.83 bits per heavy atom. The summed E-state index contributed by atoms with van der Waals surface area (Å²) in [5.41, 5.74) is 3.38. The maximum absolute atomic E-state index is 11.7. The number of rotatable bonds is 2. The van der Waals surface area contributed by atoms with Gasteiger partial charge < -0.3 is 4.42 Å². The first-order chi connectivity index (χ1) is 8.58. The van der Waals surface area contributed by atoms with Gasteiger partial charge in [0.1, 0.15) is 5.76 Å². The minimum atomic E-state index is -0.278. The standard InChI is InChI=1S/C16H16O2/c1-11(2)9-14-10-12(3)16(17)18-15(14)13-7-5-4-6-8-13/h4-10H,1-3H3. The molecule has 0 spiro atoms. The van der Waals surface area contributed by atoms with Crippen molar-refractivity contribution >= 4 is 6.08 Å². The zero-order valence-corrected chi connectivity index (χ0v) is 10.9. The molecule has 2 aromatic rings. The van der Waals surface area contributed by atoms with E-state index in [1.165, 1.54) is 5.57 Å². The Labute approximate surface area is 107 Å². The molecule has 0 amide bonds. The van der Waals surface area contributed by atoms with Gasteiger partial charge in [-0.25, -0.2) is 4.79 Å². The Bertz CT molecular complexity index is 630. The van der Waals surface area contributed by atoms with Crippen LogP contribution in [0.3, 0.4) is 0 Å². The molecule has 0 aliphatic rings. The predicted molar refractivity (Wildman–Crippen MR) is 74.5 cm³/mol. The van der Waals surface area contributed by atoms with Gasteiger partial charge in [-0.2, -0.15) is 0 Å². The van der Waals surface area contributed by atoms with Gasteiger partial charge in [0.2, 0.25) is 0 Å². The summed E-state index contributed by atoms with van der Waals surface area (Å²) in [6, 6.07) is 11.6. The van der Waals surface area contributed by atoms with Gasteiger partial charge in [-0.1, -0.05) is 42.0 Å². The highest BCUT2D eigenvalue weighted by molar-refractivity contribution is 5.71. The first kappa shape index (κ1) is 12.4. The molecule has 1 aromatic heterocycles. The quantitative estimate of drug-likeness (QED) is 0.793. The van der Waals surface area contributed by atoms with Crippen LogP contribution in [0.25, 0.3) is 17.4 Å². The summed E-state index contributed by atoms with van der Waals surface area (Å²) in [5, 5.41) is 0. The molecule has 0 saturated carbocycles. The smallest absolute Gasteiger partial charge is 0.339 e. The molecule has 0 bridgehead atoms. The van der Waals surface area contributed by atoms with Crippen LogP contribution in [0.4, 0.5) is 0 Å². The summed E-state index contributed by atoms with van der Waals surface area (Å²) >= 11 is 0. The van der Waals surface area contributed by atoms with Crippen LogP contribution >= 0.6 is 0 Å². The van der Waals surface area contributed by atoms with Gasteiger partial charge in [-0.15, -0.1) is 0 Å². The molecular weight excluding hydrogens is 224 g/mol. The zero-order valence-electron chi connectivity index (χ0n) is 10.9. The van der Waals surface area contributed by atoms with E-state index in [1.54, 1.807) is 6.92 Å². The number of aryl methyl sites for hydroxylation is 1. The third-order valence-corrected chi connectivity index (χ3v) is 2.63. The van der Waals surface area contributed by atoms with E-state index >= 15 is 0 Å².